The fraction of sp³-hybridized carbons (Fsp3) is 0.333. The Kier molecular flexibility index (Phi) is 8.08. The summed E-state index contributed by atoms with van der Waals surface area (Å²) in [5, 5.41) is 15.5. The van der Waals surface area contributed by atoms with Crippen LogP contribution in [0.4, 0.5) is 4.79 Å². The summed E-state index contributed by atoms with van der Waals surface area (Å²) in [6.07, 6.45) is -1.58. The van der Waals surface area contributed by atoms with Crippen LogP contribution >= 0.6 is 0 Å². The second kappa shape index (κ2) is 7.46. The van der Waals surface area contributed by atoms with Gasteiger partial charge in [0.2, 0.25) is 0 Å². The van der Waals surface area contributed by atoms with Crippen LogP contribution in [0.3, 0.4) is 0 Å². The summed E-state index contributed by atoms with van der Waals surface area (Å²) in [6, 6.07) is 0. The number of aliphatic carboxylic acids is 1. The van der Waals surface area contributed by atoms with Crippen LogP contribution in [-0.4, -0.2) is 47.7 Å². The molecule has 0 saturated heterocycles. The Labute approximate surface area is 67.5 Å². The Bertz CT molecular complexity index is 157. The van der Waals surface area contributed by atoms with Crippen molar-refractivity contribution in [2.24, 2.45) is 0 Å². The van der Waals surface area contributed by atoms with Crippen molar-refractivity contribution < 1.29 is 38.6 Å². The standard InChI is InChI=1S/C3H4O5.H2O3Si/c4-2(5)1-8-3(6)7;1-4(2)3/h1H2,(H,4,5)(H,6,7);1-2H. The van der Waals surface area contributed by atoms with E-state index in [2.05, 4.69) is 4.74 Å². The molecule has 9 heteroatoms. The summed E-state index contributed by atoms with van der Waals surface area (Å²) >= 11 is 0. The topological polar surface area (TPSA) is 141 Å². The van der Waals surface area contributed by atoms with Gasteiger partial charge in [0.15, 0.2) is 6.61 Å². The van der Waals surface area contributed by atoms with E-state index in [9.17, 15) is 9.59 Å². The number of carboxylic acids is 1. The minimum atomic E-state index is -3.13. The highest BCUT2D eigenvalue weighted by Gasteiger charge is 1.99. The average molecular weight is 198 g/mol. The van der Waals surface area contributed by atoms with Crippen LogP contribution in [0.5, 0.6) is 0 Å². The second-order valence-electron chi connectivity index (χ2n) is 1.23. The van der Waals surface area contributed by atoms with Crippen LogP contribution in [0.15, 0.2) is 0 Å². The number of carbonyl (C=O) groups is 2. The zero-order valence-electron chi connectivity index (χ0n) is 5.63. The van der Waals surface area contributed by atoms with E-state index >= 15 is 0 Å². The summed E-state index contributed by atoms with van der Waals surface area (Å²) < 4.78 is 12.4. The molecule has 0 atom stereocenters. The first kappa shape index (κ1) is 13.0. The van der Waals surface area contributed by atoms with E-state index in [-0.39, 0.29) is 0 Å². The molecule has 0 rings (SSSR count). The van der Waals surface area contributed by atoms with Crippen molar-refractivity contribution in [2.45, 2.75) is 0 Å². The van der Waals surface area contributed by atoms with Gasteiger partial charge >= 0.3 is 21.3 Å². The van der Waals surface area contributed by atoms with Gasteiger partial charge in [0.25, 0.3) is 0 Å². The van der Waals surface area contributed by atoms with Crippen LogP contribution in [-0.2, 0) is 14.0 Å². The van der Waals surface area contributed by atoms with E-state index in [1.54, 1.807) is 0 Å². The van der Waals surface area contributed by atoms with Crippen LogP contribution in [0.1, 0.15) is 0 Å². The fourth-order valence-electron chi connectivity index (χ4n) is 0.123. The van der Waals surface area contributed by atoms with Gasteiger partial charge in [-0.2, -0.15) is 0 Å². The second-order valence-corrected chi connectivity index (χ2v) is 1.80. The average Bonchev–Trinajstić information content (AvgIpc) is 1.82. The van der Waals surface area contributed by atoms with E-state index < -0.39 is 27.9 Å². The van der Waals surface area contributed by atoms with Gasteiger partial charge in [0.1, 0.15) is 0 Å². The molecule has 0 aromatic heterocycles. The quantitative estimate of drug-likeness (QED) is 0.299. The third-order valence-corrected chi connectivity index (χ3v) is 0.319. The normalized spacial score (nSPS) is 7.33. The number of hydrogen-bond donors (Lipinski definition) is 4. The van der Waals surface area contributed by atoms with Gasteiger partial charge < -0.3 is 24.5 Å². The van der Waals surface area contributed by atoms with E-state index in [1.807, 2.05) is 0 Å². The van der Waals surface area contributed by atoms with Crippen LogP contribution in [0.25, 0.3) is 0 Å². The molecule has 0 radical (unpaired) electrons. The smallest absolute Gasteiger partial charge is 0.511 e. The minimum Gasteiger partial charge on any atom is -0.511 e. The molecular weight excluding hydrogens is 192 g/mol. The summed E-state index contributed by atoms with van der Waals surface area (Å²) in [5.74, 6) is -1.30. The largest absolute Gasteiger partial charge is 0.761 e. The van der Waals surface area contributed by atoms with Crippen molar-refractivity contribution in [1.82, 2.24) is 0 Å². The van der Waals surface area contributed by atoms with Gasteiger partial charge in [-0.3, -0.25) is 4.46 Å². The van der Waals surface area contributed by atoms with Crippen LogP contribution in [0, 0.1) is 0 Å². The summed E-state index contributed by atoms with van der Waals surface area (Å²) in [4.78, 5) is 33.2. The Balaban J connectivity index is 0. The van der Waals surface area contributed by atoms with Gasteiger partial charge in [-0.1, -0.05) is 0 Å². The van der Waals surface area contributed by atoms with Gasteiger partial charge in [0.05, 0.1) is 0 Å². The van der Waals surface area contributed by atoms with Crippen molar-refractivity contribution in [3.8, 4) is 0 Å². The molecule has 0 fully saturated rings. The summed E-state index contributed by atoms with van der Waals surface area (Å²) in [6.45, 7) is -0.796. The molecule has 0 aliphatic heterocycles. The lowest BCUT2D eigenvalue weighted by Gasteiger charge is -1.90. The first-order chi connectivity index (χ1) is 5.36. The molecular formula is C3H6O8Si. The van der Waals surface area contributed by atoms with Crippen LogP contribution < -0.4 is 0 Å². The number of rotatable bonds is 2. The zero-order valence-corrected chi connectivity index (χ0v) is 6.63. The maximum absolute atomic E-state index is 9.52. The molecule has 4 N–H and O–H groups in total. The molecule has 0 bridgehead atoms. The van der Waals surface area contributed by atoms with Crippen molar-refractivity contribution in [3.63, 3.8) is 0 Å². The Morgan fingerprint density at radius 1 is 1.25 bits per heavy atom. The number of ether oxygens (including phenoxy) is 1. The fourth-order valence-corrected chi connectivity index (χ4v) is 0.123. The maximum Gasteiger partial charge on any atom is 0.761 e. The molecule has 12 heavy (non-hydrogen) atoms. The molecule has 0 heterocycles. The van der Waals surface area contributed by atoms with Crippen molar-refractivity contribution in [2.75, 3.05) is 6.61 Å². The molecule has 0 aliphatic rings. The molecule has 0 spiro atoms. The number of hydrogen-bond acceptors (Lipinski definition) is 4. The first-order valence-corrected chi connectivity index (χ1v) is 3.66. The number of carboxylic acid groups (broad SMARTS) is 2. The van der Waals surface area contributed by atoms with Crippen molar-refractivity contribution >= 4 is 21.3 Å². The van der Waals surface area contributed by atoms with E-state index in [0.717, 1.165) is 0 Å². The molecule has 0 unspecified atom stereocenters. The Morgan fingerprint density at radius 2 is 1.58 bits per heavy atom. The van der Waals surface area contributed by atoms with Gasteiger partial charge in [-0.25, -0.2) is 9.59 Å². The van der Waals surface area contributed by atoms with Crippen LogP contribution in [0.2, 0.25) is 0 Å². The Morgan fingerprint density at radius 3 is 1.67 bits per heavy atom. The van der Waals surface area contributed by atoms with Gasteiger partial charge in [0, 0.05) is 0 Å². The lowest BCUT2D eigenvalue weighted by Crippen LogP contribution is -2.10. The highest BCUT2D eigenvalue weighted by molar-refractivity contribution is 6.22. The minimum absolute atomic E-state index is 0.796. The Hall–Kier alpha value is -1.64. The first-order valence-electron chi connectivity index (χ1n) is 2.35. The SMILES string of the molecule is O=C(O)COC(=O)O.O=[Si](O)O. The van der Waals surface area contributed by atoms with Crippen molar-refractivity contribution in [3.05, 3.63) is 0 Å². The lowest BCUT2D eigenvalue weighted by molar-refractivity contribution is -0.140. The van der Waals surface area contributed by atoms with Gasteiger partial charge in [-0.05, 0) is 0 Å². The molecule has 8 nitrogen and oxygen atoms in total. The summed E-state index contributed by atoms with van der Waals surface area (Å²) in [7, 11) is -3.13. The molecule has 0 aromatic rings. The highest BCUT2D eigenvalue weighted by Crippen LogP contribution is 1.73. The van der Waals surface area contributed by atoms with E-state index in [4.69, 9.17) is 24.3 Å². The highest BCUT2D eigenvalue weighted by atomic mass is 28.3. The van der Waals surface area contributed by atoms with E-state index in [1.165, 1.54) is 0 Å². The van der Waals surface area contributed by atoms with E-state index in [0.29, 0.717) is 0 Å². The lowest BCUT2D eigenvalue weighted by atomic mass is 10.8. The molecule has 0 amide bonds. The predicted molar refractivity (Wildman–Crippen MR) is 32.5 cm³/mol. The maximum atomic E-state index is 9.52. The third kappa shape index (κ3) is 40.1. The summed E-state index contributed by atoms with van der Waals surface area (Å²) in [5.41, 5.74) is 0. The third-order valence-electron chi connectivity index (χ3n) is 0.319. The predicted octanol–water partition coefficient (Wildman–Crippen LogP) is -1.85. The molecule has 0 saturated carbocycles. The monoisotopic (exact) mass is 198 g/mol. The van der Waals surface area contributed by atoms with Crippen molar-refractivity contribution in [1.29, 1.82) is 0 Å². The molecule has 0 aliphatic carbocycles. The zero-order chi connectivity index (χ0) is 10.1. The van der Waals surface area contributed by atoms with Gasteiger partial charge in [-0.15, -0.1) is 0 Å². The molecule has 70 valence electrons. The molecule has 0 aromatic carbocycles.